The van der Waals surface area contributed by atoms with Crippen molar-refractivity contribution in [3.8, 4) is 0 Å². The number of hydrogen-bond acceptors (Lipinski definition) is 3. The minimum Gasteiger partial charge on any atom is -0.342 e. The van der Waals surface area contributed by atoms with E-state index in [2.05, 4.69) is 61.9 Å². The SMILES string of the molecule is CC[C@H](C(=O)Nc1ccc(C(C)C)cc1)N1CCC(C(=O)N2C[C@@H](C)C[C@H](C)C2)CC1. The van der Waals surface area contributed by atoms with E-state index in [0.29, 0.717) is 23.7 Å². The van der Waals surface area contributed by atoms with Gasteiger partial charge in [-0.1, -0.05) is 46.8 Å². The topological polar surface area (TPSA) is 52.7 Å². The van der Waals surface area contributed by atoms with Crippen LogP contribution < -0.4 is 5.32 Å². The highest BCUT2D eigenvalue weighted by Crippen LogP contribution is 2.27. The van der Waals surface area contributed by atoms with Crippen molar-refractivity contribution in [1.82, 2.24) is 9.80 Å². The molecule has 1 aromatic rings. The highest BCUT2D eigenvalue weighted by molar-refractivity contribution is 5.94. The van der Waals surface area contributed by atoms with Gasteiger partial charge in [0.1, 0.15) is 0 Å². The molecular formula is C26H41N3O2. The first-order valence-electron chi connectivity index (χ1n) is 12.2. The Morgan fingerprint density at radius 1 is 1.03 bits per heavy atom. The monoisotopic (exact) mass is 427 g/mol. The molecule has 2 fully saturated rings. The Morgan fingerprint density at radius 2 is 1.61 bits per heavy atom. The Morgan fingerprint density at radius 3 is 2.13 bits per heavy atom. The fourth-order valence-electron chi connectivity index (χ4n) is 5.35. The van der Waals surface area contributed by atoms with Gasteiger partial charge in [-0.15, -0.1) is 0 Å². The van der Waals surface area contributed by atoms with Crippen molar-refractivity contribution in [2.75, 3.05) is 31.5 Å². The molecule has 3 atom stereocenters. The van der Waals surface area contributed by atoms with Gasteiger partial charge in [-0.2, -0.15) is 0 Å². The van der Waals surface area contributed by atoms with Crippen LogP contribution in [0.2, 0.25) is 0 Å². The van der Waals surface area contributed by atoms with Crippen LogP contribution in [0.1, 0.15) is 71.8 Å². The predicted octanol–water partition coefficient (Wildman–Crippen LogP) is 4.74. The summed E-state index contributed by atoms with van der Waals surface area (Å²) in [5.74, 6) is 2.17. The van der Waals surface area contributed by atoms with E-state index >= 15 is 0 Å². The lowest BCUT2D eigenvalue weighted by Crippen LogP contribution is -2.51. The lowest BCUT2D eigenvalue weighted by Gasteiger charge is -2.40. The number of rotatable bonds is 6. The highest BCUT2D eigenvalue weighted by atomic mass is 16.2. The van der Waals surface area contributed by atoms with E-state index in [0.717, 1.165) is 51.1 Å². The Balaban J connectivity index is 1.53. The number of carbonyl (C=O) groups is 2. The Kier molecular flexibility index (Phi) is 8.15. The average Bonchev–Trinajstić information content (AvgIpc) is 2.74. The van der Waals surface area contributed by atoms with Crippen LogP contribution >= 0.6 is 0 Å². The maximum atomic E-state index is 13.1. The molecule has 5 heteroatoms. The molecule has 1 N–H and O–H groups in total. The van der Waals surface area contributed by atoms with E-state index in [4.69, 9.17) is 0 Å². The molecule has 0 saturated carbocycles. The molecule has 0 aromatic heterocycles. The van der Waals surface area contributed by atoms with Crippen molar-refractivity contribution in [3.63, 3.8) is 0 Å². The number of piperidine rings is 2. The molecule has 0 bridgehead atoms. The number of nitrogens with one attached hydrogen (secondary N) is 1. The van der Waals surface area contributed by atoms with Gasteiger partial charge >= 0.3 is 0 Å². The van der Waals surface area contributed by atoms with Gasteiger partial charge in [-0.3, -0.25) is 14.5 Å². The number of nitrogens with zero attached hydrogens (tertiary/aromatic N) is 2. The summed E-state index contributed by atoms with van der Waals surface area (Å²) in [6.45, 7) is 14.3. The summed E-state index contributed by atoms with van der Waals surface area (Å²) in [4.78, 5) is 30.4. The Bertz CT molecular complexity index is 728. The summed E-state index contributed by atoms with van der Waals surface area (Å²) in [5, 5.41) is 3.10. The molecule has 2 saturated heterocycles. The molecule has 2 aliphatic rings. The zero-order valence-corrected chi connectivity index (χ0v) is 20.1. The van der Waals surface area contributed by atoms with Gasteiger partial charge in [0.25, 0.3) is 0 Å². The third-order valence-electron chi connectivity index (χ3n) is 7.03. The van der Waals surface area contributed by atoms with E-state index in [1.807, 2.05) is 12.1 Å². The van der Waals surface area contributed by atoms with Crippen LogP contribution in [-0.2, 0) is 9.59 Å². The maximum Gasteiger partial charge on any atom is 0.241 e. The van der Waals surface area contributed by atoms with E-state index < -0.39 is 0 Å². The molecule has 2 amide bonds. The fourth-order valence-corrected chi connectivity index (χ4v) is 5.35. The second-order valence-corrected chi connectivity index (χ2v) is 10.2. The van der Waals surface area contributed by atoms with Gasteiger partial charge in [0, 0.05) is 24.7 Å². The number of amides is 2. The van der Waals surface area contributed by atoms with E-state index in [-0.39, 0.29) is 17.9 Å². The average molecular weight is 428 g/mol. The largest absolute Gasteiger partial charge is 0.342 e. The second kappa shape index (κ2) is 10.6. The zero-order valence-electron chi connectivity index (χ0n) is 20.1. The van der Waals surface area contributed by atoms with Crippen LogP contribution in [0.15, 0.2) is 24.3 Å². The molecule has 0 spiro atoms. The first-order chi connectivity index (χ1) is 14.8. The van der Waals surface area contributed by atoms with Crippen molar-refractivity contribution in [1.29, 1.82) is 0 Å². The summed E-state index contributed by atoms with van der Waals surface area (Å²) >= 11 is 0. The molecule has 0 radical (unpaired) electrons. The molecule has 1 aromatic carbocycles. The first-order valence-corrected chi connectivity index (χ1v) is 12.2. The third kappa shape index (κ3) is 6.09. The summed E-state index contributed by atoms with van der Waals surface area (Å²) in [6, 6.07) is 8.01. The molecule has 3 rings (SSSR count). The van der Waals surface area contributed by atoms with Gasteiger partial charge in [-0.05, 0) is 74.2 Å². The predicted molar refractivity (Wildman–Crippen MR) is 127 cm³/mol. The van der Waals surface area contributed by atoms with Gasteiger partial charge in [0.15, 0.2) is 0 Å². The van der Waals surface area contributed by atoms with Crippen molar-refractivity contribution in [3.05, 3.63) is 29.8 Å². The summed E-state index contributed by atoms with van der Waals surface area (Å²) in [7, 11) is 0. The molecule has 5 nitrogen and oxygen atoms in total. The van der Waals surface area contributed by atoms with Gasteiger partial charge in [-0.25, -0.2) is 0 Å². The number of likely N-dealkylation sites (tertiary alicyclic amines) is 2. The lowest BCUT2D eigenvalue weighted by molar-refractivity contribution is -0.140. The normalized spacial score (nSPS) is 24.3. The van der Waals surface area contributed by atoms with Crippen LogP contribution in [0.25, 0.3) is 0 Å². The van der Waals surface area contributed by atoms with Gasteiger partial charge in [0.2, 0.25) is 11.8 Å². The Hall–Kier alpha value is -1.88. The third-order valence-corrected chi connectivity index (χ3v) is 7.03. The van der Waals surface area contributed by atoms with Crippen LogP contribution in [0.5, 0.6) is 0 Å². The van der Waals surface area contributed by atoms with E-state index in [9.17, 15) is 9.59 Å². The number of benzene rings is 1. The van der Waals surface area contributed by atoms with Crippen molar-refractivity contribution < 1.29 is 9.59 Å². The molecule has 0 unspecified atom stereocenters. The second-order valence-electron chi connectivity index (χ2n) is 10.2. The van der Waals surface area contributed by atoms with Crippen LogP contribution in [-0.4, -0.2) is 53.8 Å². The summed E-state index contributed by atoms with van der Waals surface area (Å²) < 4.78 is 0. The number of carbonyl (C=O) groups excluding carboxylic acids is 2. The standard InChI is InChI=1S/C26H41N3O2/c1-6-24(25(30)27-23-9-7-21(8-10-23)18(2)3)28-13-11-22(12-14-28)26(31)29-16-19(4)15-20(5)17-29/h7-10,18-20,22,24H,6,11-17H2,1-5H3,(H,27,30)/t19-,20-,24+/m0/s1. The summed E-state index contributed by atoms with van der Waals surface area (Å²) in [5.41, 5.74) is 2.13. The van der Waals surface area contributed by atoms with E-state index in [1.165, 1.54) is 12.0 Å². The quantitative estimate of drug-likeness (QED) is 0.713. The highest BCUT2D eigenvalue weighted by Gasteiger charge is 2.35. The van der Waals surface area contributed by atoms with Crippen molar-refractivity contribution >= 4 is 17.5 Å². The molecule has 31 heavy (non-hydrogen) atoms. The number of anilines is 1. The minimum atomic E-state index is -0.143. The Labute approximate surface area is 188 Å². The van der Waals surface area contributed by atoms with Crippen molar-refractivity contribution in [2.45, 2.75) is 72.3 Å². The smallest absolute Gasteiger partial charge is 0.241 e. The fraction of sp³-hybridized carbons (Fsp3) is 0.692. The van der Waals surface area contributed by atoms with E-state index in [1.54, 1.807) is 0 Å². The lowest BCUT2D eigenvalue weighted by atomic mass is 9.88. The molecule has 2 heterocycles. The molecule has 0 aliphatic carbocycles. The van der Waals surface area contributed by atoms with Gasteiger partial charge in [0.05, 0.1) is 6.04 Å². The molecule has 2 aliphatic heterocycles. The van der Waals surface area contributed by atoms with Crippen LogP contribution in [0, 0.1) is 17.8 Å². The van der Waals surface area contributed by atoms with Crippen LogP contribution in [0.4, 0.5) is 5.69 Å². The maximum absolute atomic E-state index is 13.1. The minimum absolute atomic E-state index is 0.0586. The first kappa shape index (κ1) is 23.8. The summed E-state index contributed by atoms with van der Waals surface area (Å²) in [6.07, 6.45) is 3.70. The molecule has 172 valence electrons. The van der Waals surface area contributed by atoms with Crippen molar-refractivity contribution in [2.24, 2.45) is 17.8 Å². The van der Waals surface area contributed by atoms with Crippen LogP contribution in [0.3, 0.4) is 0 Å². The zero-order chi connectivity index (χ0) is 22.5. The number of hydrogen-bond donors (Lipinski definition) is 1. The van der Waals surface area contributed by atoms with Gasteiger partial charge < -0.3 is 10.2 Å². The molecular weight excluding hydrogens is 386 g/mol.